The Morgan fingerprint density at radius 3 is 2.29 bits per heavy atom. The molecule has 0 amide bonds. The van der Waals surface area contributed by atoms with E-state index in [1.54, 1.807) is 0 Å². The fraction of sp³-hybridized carbons (Fsp3) is 0.400. The fourth-order valence-corrected chi connectivity index (χ4v) is 3.47. The molecule has 1 aliphatic heterocycles. The zero-order valence-corrected chi connectivity index (χ0v) is 14.9. The van der Waals surface area contributed by atoms with Gasteiger partial charge in [-0.05, 0) is 57.9 Å². The van der Waals surface area contributed by atoms with E-state index in [1.807, 2.05) is 32.9 Å². The Labute approximate surface area is 143 Å². The Morgan fingerprint density at radius 1 is 1.04 bits per heavy atom. The van der Waals surface area contributed by atoms with Crippen LogP contribution in [0.1, 0.15) is 41.3 Å². The second-order valence-electron chi connectivity index (χ2n) is 7.10. The van der Waals surface area contributed by atoms with Crippen LogP contribution in [0.5, 0.6) is 0 Å². The third-order valence-electron chi connectivity index (χ3n) is 4.46. The van der Waals surface area contributed by atoms with E-state index >= 15 is 0 Å². The van der Waals surface area contributed by atoms with Gasteiger partial charge in [-0.3, -0.25) is 0 Å². The third-order valence-corrected chi connectivity index (χ3v) is 4.46. The van der Waals surface area contributed by atoms with Crippen molar-refractivity contribution >= 4 is 11.8 Å². The second kappa shape index (κ2) is 5.93. The summed E-state index contributed by atoms with van der Waals surface area (Å²) in [7, 11) is 0. The quantitative estimate of drug-likeness (QED) is 0.868. The van der Waals surface area contributed by atoms with Crippen LogP contribution in [-0.2, 0) is 15.1 Å². The van der Waals surface area contributed by atoms with Gasteiger partial charge in [0.1, 0.15) is 17.5 Å². The fourth-order valence-electron chi connectivity index (χ4n) is 3.47. The predicted molar refractivity (Wildman–Crippen MR) is 95.1 cm³/mol. The molecule has 4 heteroatoms. The Hall–Kier alpha value is -2.36. The van der Waals surface area contributed by atoms with Crippen molar-refractivity contribution in [2.45, 2.75) is 52.7 Å². The topological polar surface area (TPSA) is 51.2 Å². The van der Waals surface area contributed by atoms with Crippen molar-refractivity contribution in [1.82, 2.24) is 4.98 Å². The first-order valence-corrected chi connectivity index (χ1v) is 8.29. The van der Waals surface area contributed by atoms with Crippen LogP contribution in [0.3, 0.4) is 0 Å². The van der Waals surface area contributed by atoms with Crippen molar-refractivity contribution in [2.24, 2.45) is 0 Å². The van der Waals surface area contributed by atoms with E-state index in [1.165, 1.54) is 11.1 Å². The van der Waals surface area contributed by atoms with Gasteiger partial charge in [-0.25, -0.2) is 9.78 Å². The Bertz CT molecular complexity index is 760. The summed E-state index contributed by atoms with van der Waals surface area (Å²) in [6.45, 7) is 10.1. The van der Waals surface area contributed by atoms with Crippen molar-refractivity contribution in [3.05, 3.63) is 58.3 Å². The summed E-state index contributed by atoms with van der Waals surface area (Å²) in [5.41, 5.74) is 4.84. The number of hydrogen-bond acceptors (Lipinski definition) is 4. The lowest BCUT2D eigenvalue weighted by molar-refractivity contribution is -0.148. The van der Waals surface area contributed by atoms with E-state index < -0.39 is 5.60 Å². The normalized spacial score (nSPS) is 23.2. The number of nitrogens with zero attached hydrogens (tertiary/aromatic N) is 1. The number of carbonyl (C=O) groups is 1. The zero-order valence-electron chi connectivity index (χ0n) is 14.9. The van der Waals surface area contributed by atoms with Crippen LogP contribution in [0.2, 0.25) is 0 Å². The van der Waals surface area contributed by atoms with Gasteiger partial charge < -0.3 is 10.1 Å². The number of nitrogens with one attached hydrogen (secondary N) is 1. The number of carbonyl (C=O) groups excluding carboxylic acids is 1. The number of hydrogen-bond donors (Lipinski definition) is 1. The van der Waals surface area contributed by atoms with Gasteiger partial charge in [0.15, 0.2) is 0 Å². The average Bonchev–Trinajstić information content (AvgIpc) is 2.72. The van der Waals surface area contributed by atoms with E-state index in [0.29, 0.717) is 6.42 Å². The number of cyclic esters (lactones) is 1. The van der Waals surface area contributed by atoms with Crippen LogP contribution >= 0.6 is 0 Å². The molecule has 0 radical (unpaired) electrons. The smallest absolute Gasteiger partial charge is 0.329 e. The maximum atomic E-state index is 12.4. The van der Waals surface area contributed by atoms with Gasteiger partial charge in [0.2, 0.25) is 0 Å². The van der Waals surface area contributed by atoms with E-state index in [-0.39, 0.29) is 12.0 Å². The molecule has 126 valence electrons. The van der Waals surface area contributed by atoms with Crippen molar-refractivity contribution in [3.63, 3.8) is 0 Å². The molecule has 1 aromatic carbocycles. The molecule has 1 aliphatic rings. The molecule has 4 nitrogen and oxygen atoms in total. The highest BCUT2D eigenvalue weighted by atomic mass is 16.6. The Kier molecular flexibility index (Phi) is 4.08. The molecular weight excluding hydrogens is 300 g/mol. The lowest BCUT2D eigenvalue weighted by atomic mass is 9.89. The molecule has 0 bridgehead atoms. The van der Waals surface area contributed by atoms with Crippen LogP contribution in [0.4, 0.5) is 5.82 Å². The van der Waals surface area contributed by atoms with Crippen LogP contribution in [0.15, 0.2) is 30.3 Å². The summed E-state index contributed by atoms with van der Waals surface area (Å²) in [4.78, 5) is 16.9. The molecule has 1 N–H and O–H groups in total. The highest BCUT2D eigenvalue weighted by molar-refractivity contribution is 5.82. The molecule has 0 aliphatic carbocycles. The second-order valence-corrected chi connectivity index (χ2v) is 7.10. The third kappa shape index (κ3) is 3.28. The first-order valence-electron chi connectivity index (χ1n) is 8.29. The molecule has 2 heterocycles. The molecule has 2 atom stereocenters. The van der Waals surface area contributed by atoms with Gasteiger partial charge >= 0.3 is 5.97 Å². The first-order chi connectivity index (χ1) is 11.2. The van der Waals surface area contributed by atoms with Gasteiger partial charge in [0.05, 0.1) is 0 Å². The molecule has 3 rings (SSSR count). The van der Waals surface area contributed by atoms with Gasteiger partial charge in [-0.2, -0.15) is 0 Å². The number of anilines is 1. The maximum absolute atomic E-state index is 12.4. The summed E-state index contributed by atoms with van der Waals surface area (Å²) in [6.07, 6.45) is 0.587. The highest BCUT2D eigenvalue weighted by Crippen LogP contribution is 2.38. The van der Waals surface area contributed by atoms with E-state index in [2.05, 4.69) is 42.3 Å². The number of pyridine rings is 1. The van der Waals surface area contributed by atoms with Crippen molar-refractivity contribution in [3.8, 4) is 0 Å². The molecule has 1 fully saturated rings. The van der Waals surface area contributed by atoms with E-state index in [0.717, 1.165) is 22.6 Å². The van der Waals surface area contributed by atoms with Gasteiger partial charge in [0, 0.05) is 12.1 Å². The van der Waals surface area contributed by atoms with Gasteiger partial charge in [0.25, 0.3) is 0 Å². The highest BCUT2D eigenvalue weighted by Gasteiger charge is 2.45. The molecule has 1 aromatic heterocycles. The predicted octanol–water partition coefficient (Wildman–Crippen LogP) is 3.96. The van der Waals surface area contributed by atoms with Crippen LogP contribution in [0.25, 0.3) is 0 Å². The largest absolute Gasteiger partial charge is 0.453 e. The maximum Gasteiger partial charge on any atom is 0.329 e. The number of aromatic nitrogens is 1. The number of rotatable bonds is 3. The van der Waals surface area contributed by atoms with Crippen molar-refractivity contribution < 1.29 is 9.53 Å². The van der Waals surface area contributed by atoms with Crippen LogP contribution in [-0.4, -0.2) is 17.0 Å². The minimum absolute atomic E-state index is 0.224. The average molecular weight is 324 g/mol. The lowest BCUT2D eigenvalue weighted by Crippen LogP contribution is -2.25. The molecule has 2 aromatic rings. The molecule has 2 unspecified atom stereocenters. The monoisotopic (exact) mass is 324 g/mol. The summed E-state index contributed by atoms with van der Waals surface area (Å²) in [6, 6.07) is 9.89. The standard InChI is InChI=1S/C20H24N2O2/c1-12-6-13(2)9-16(8-12)20(5)11-17(19(23)24-20)22-18-10-14(3)7-15(4)21-18/h6-10,17H,11H2,1-5H3,(H,21,22). The van der Waals surface area contributed by atoms with Gasteiger partial charge in [-0.15, -0.1) is 0 Å². The number of esters is 1. The van der Waals surface area contributed by atoms with E-state index in [9.17, 15) is 4.79 Å². The van der Waals surface area contributed by atoms with Crippen LogP contribution < -0.4 is 5.32 Å². The lowest BCUT2D eigenvalue weighted by Gasteiger charge is -2.24. The van der Waals surface area contributed by atoms with Crippen molar-refractivity contribution in [2.75, 3.05) is 5.32 Å². The SMILES string of the molecule is Cc1cc(C)cc(C2(C)CC(Nc3cc(C)cc(C)n3)C(=O)O2)c1. The zero-order chi connectivity index (χ0) is 17.5. The minimum Gasteiger partial charge on any atom is -0.453 e. The molecule has 0 spiro atoms. The van der Waals surface area contributed by atoms with Gasteiger partial charge in [-0.1, -0.05) is 29.3 Å². The van der Waals surface area contributed by atoms with E-state index in [4.69, 9.17) is 4.74 Å². The summed E-state index contributed by atoms with van der Waals surface area (Å²) >= 11 is 0. The minimum atomic E-state index is -0.607. The van der Waals surface area contributed by atoms with Crippen LogP contribution in [0, 0.1) is 27.7 Å². The number of aryl methyl sites for hydroxylation is 4. The number of benzene rings is 1. The molecular formula is C20H24N2O2. The summed E-state index contributed by atoms with van der Waals surface area (Å²) < 4.78 is 5.76. The Balaban J connectivity index is 1.84. The Morgan fingerprint density at radius 2 is 1.67 bits per heavy atom. The molecule has 1 saturated heterocycles. The number of ether oxygens (including phenoxy) is 1. The molecule has 0 saturated carbocycles. The summed E-state index contributed by atoms with van der Waals surface area (Å²) in [5, 5.41) is 3.24. The first kappa shape index (κ1) is 16.5. The van der Waals surface area contributed by atoms with Crippen molar-refractivity contribution in [1.29, 1.82) is 0 Å². The molecule has 24 heavy (non-hydrogen) atoms. The summed E-state index contributed by atoms with van der Waals surface area (Å²) in [5.74, 6) is 0.497.